The van der Waals surface area contributed by atoms with Gasteiger partial charge in [-0.1, -0.05) is 41.4 Å². The average molecular weight is 393 g/mol. The summed E-state index contributed by atoms with van der Waals surface area (Å²) in [7, 11) is 1.57. The first-order valence-electron chi connectivity index (χ1n) is 7.20. The lowest BCUT2D eigenvalue weighted by Gasteiger charge is -2.15. The van der Waals surface area contributed by atoms with Crippen LogP contribution in [0.25, 0.3) is 0 Å². The van der Waals surface area contributed by atoms with Crippen LogP contribution in [0.2, 0.25) is 10.0 Å². The zero-order chi connectivity index (χ0) is 16.7. The molecule has 2 N–H and O–H groups in total. The van der Waals surface area contributed by atoms with Crippen LogP contribution in [0, 0.1) is 0 Å². The number of hydrogen-bond acceptors (Lipinski definition) is 4. The van der Waals surface area contributed by atoms with Crippen molar-refractivity contribution in [2.45, 2.75) is 13.2 Å². The molecule has 0 amide bonds. The Hall–Kier alpha value is -1.17. The van der Waals surface area contributed by atoms with Crippen LogP contribution in [0.3, 0.4) is 0 Å². The first kappa shape index (κ1) is 20.9. The van der Waals surface area contributed by atoms with Crippen molar-refractivity contribution >= 4 is 35.6 Å². The maximum Gasteiger partial charge on any atom is 0.180 e. The highest BCUT2D eigenvalue weighted by Crippen LogP contribution is 2.37. The zero-order valence-corrected chi connectivity index (χ0v) is 15.5. The van der Waals surface area contributed by atoms with E-state index in [1.807, 2.05) is 36.4 Å². The van der Waals surface area contributed by atoms with Gasteiger partial charge in [-0.15, -0.1) is 12.4 Å². The molecule has 0 saturated carbocycles. The summed E-state index contributed by atoms with van der Waals surface area (Å²) in [4.78, 5) is 0. The lowest BCUT2D eigenvalue weighted by molar-refractivity contribution is 0.284. The zero-order valence-electron chi connectivity index (χ0n) is 13.2. The van der Waals surface area contributed by atoms with Gasteiger partial charge in [0.15, 0.2) is 11.5 Å². The molecule has 0 saturated heterocycles. The van der Waals surface area contributed by atoms with Crippen molar-refractivity contribution in [3.8, 4) is 11.5 Å². The van der Waals surface area contributed by atoms with Crippen LogP contribution < -0.4 is 14.8 Å². The topological polar surface area (TPSA) is 50.7 Å². The van der Waals surface area contributed by atoms with Crippen LogP contribution >= 0.6 is 35.6 Å². The van der Waals surface area contributed by atoms with E-state index in [0.29, 0.717) is 41.2 Å². The Morgan fingerprint density at radius 1 is 1.12 bits per heavy atom. The van der Waals surface area contributed by atoms with Gasteiger partial charge in [-0.3, -0.25) is 0 Å². The molecule has 0 unspecified atom stereocenters. The Balaban J connectivity index is 0.00000288. The molecular formula is C17H20Cl3NO3. The van der Waals surface area contributed by atoms with Crippen molar-refractivity contribution in [1.82, 2.24) is 5.32 Å². The fraction of sp³-hybridized carbons (Fsp3) is 0.294. The lowest BCUT2D eigenvalue weighted by Crippen LogP contribution is -2.17. The molecule has 0 aliphatic rings. The molecule has 0 atom stereocenters. The van der Waals surface area contributed by atoms with E-state index in [9.17, 15) is 0 Å². The van der Waals surface area contributed by atoms with Gasteiger partial charge in [-0.05, 0) is 23.8 Å². The number of aliphatic hydroxyl groups is 1. The smallest absolute Gasteiger partial charge is 0.180 e. The second kappa shape index (κ2) is 10.6. The summed E-state index contributed by atoms with van der Waals surface area (Å²) in [6.45, 7) is 1.49. The Labute approximate surface area is 158 Å². The number of benzene rings is 2. The van der Waals surface area contributed by atoms with Crippen LogP contribution in [0.15, 0.2) is 36.4 Å². The molecule has 24 heavy (non-hydrogen) atoms. The molecule has 2 aromatic rings. The van der Waals surface area contributed by atoms with Crippen molar-refractivity contribution < 1.29 is 14.6 Å². The number of halogens is 3. The highest BCUT2D eigenvalue weighted by atomic mass is 35.5. The second-order valence-electron chi connectivity index (χ2n) is 4.89. The minimum Gasteiger partial charge on any atom is -0.493 e. The van der Waals surface area contributed by atoms with Gasteiger partial charge < -0.3 is 19.9 Å². The third-order valence-electron chi connectivity index (χ3n) is 3.24. The number of nitrogens with one attached hydrogen (secondary N) is 1. The molecule has 0 aliphatic carbocycles. The summed E-state index contributed by atoms with van der Waals surface area (Å²) in [5.74, 6) is 1.05. The molecule has 132 valence electrons. The summed E-state index contributed by atoms with van der Waals surface area (Å²) in [5, 5.41) is 13.0. The van der Waals surface area contributed by atoms with E-state index in [1.54, 1.807) is 7.11 Å². The molecule has 0 aromatic heterocycles. The predicted molar refractivity (Wildman–Crippen MR) is 99.8 cm³/mol. The fourth-order valence-electron chi connectivity index (χ4n) is 2.09. The first-order valence-corrected chi connectivity index (χ1v) is 7.95. The molecular weight excluding hydrogens is 373 g/mol. The Bertz CT molecular complexity index is 653. The quantitative estimate of drug-likeness (QED) is 0.665. The molecule has 0 heterocycles. The van der Waals surface area contributed by atoms with Gasteiger partial charge in [0.2, 0.25) is 0 Å². The molecule has 0 bridgehead atoms. The van der Waals surface area contributed by atoms with E-state index in [4.69, 9.17) is 37.8 Å². The molecule has 2 aromatic carbocycles. The SMILES string of the molecule is COc1cc(CNCCO)cc(Cl)c1OCc1ccccc1Cl.Cl. The molecule has 4 nitrogen and oxygen atoms in total. The lowest BCUT2D eigenvalue weighted by atomic mass is 10.2. The largest absolute Gasteiger partial charge is 0.493 e. The van der Waals surface area contributed by atoms with Gasteiger partial charge in [0, 0.05) is 23.7 Å². The standard InChI is InChI=1S/C17H19Cl2NO3.ClH/c1-22-16-9-12(10-20-6-7-21)8-15(19)17(16)23-11-13-4-2-3-5-14(13)18;/h2-5,8-9,20-21H,6-7,10-11H2,1H3;1H. The van der Waals surface area contributed by atoms with Gasteiger partial charge in [0.1, 0.15) is 6.61 Å². The van der Waals surface area contributed by atoms with Gasteiger partial charge in [-0.2, -0.15) is 0 Å². The third-order valence-corrected chi connectivity index (χ3v) is 3.89. The van der Waals surface area contributed by atoms with Crippen molar-refractivity contribution in [2.75, 3.05) is 20.3 Å². The predicted octanol–water partition coefficient (Wildman–Crippen LogP) is 4.08. The van der Waals surface area contributed by atoms with Crippen molar-refractivity contribution in [2.24, 2.45) is 0 Å². The summed E-state index contributed by atoms with van der Waals surface area (Å²) in [6, 6.07) is 11.2. The molecule has 0 radical (unpaired) electrons. The molecule has 0 spiro atoms. The molecule has 2 rings (SSSR count). The maximum atomic E-state index is 8.80. The van der Waals surface area contributed by atoms with Gasteiger partial charge in [0.05, 0.1) is 18.7 Å². The maximum absolute atomic E-state index is 8.80. The summed E-state index contributed by atoms with van der Waals surface area (Å²) < 4.78 is 11.2. The minimum absolute atomic E-state index is 0. The number of hydrogen-bond donors (Lipinski definition) is 2. The Kier molecular flexibility index (Phi) is 9.26. The normalized spacial score (nSPS) is 10.2. The average Bonchev–Trinajstić information content (AvgIpc) is 2.55. The summed E-state index contributed by atoms with van der Waals surface area (Å²) in [6.07, 6.45) is 0. The van der Waals surface area contributed by atoms with Crippen molar-refractivity contribution in [3.63, 3.8) is 0 Å². The van der Waals surface area contributed by atoms with E-state index in [2.05, 4.69) is 5.32 Å². The van der Waals surface area contributed by atoms with E-state index in [0.717, 1.165) is 11.1 Å². The Morgan fingerprint density at radius 2 is 1.88 bits per heavy atom. The van der Waals surface area contributed by atoms with E-state index in [-0.39, 0.29) is 19.0 Å². The summed E-state index contributed by atoms with van der Waals surface area (Å²) in [5.41, 5.74) is 1.83. The monoisotopic (exact) mass is 391 g/mol. The van der Waals surface area contributed by atoms with Crippen molar-refractivity contribution in [1.29, 1.82) is 0 Å². The molecule has 0 fully saturated rings. The minimum atomic E-state index is 0. The van der Waals surface area contributed by atoms with Gasteiger partial charge >= 0.3 is 0 Å². The van der Waals surface area contributed by atoms with E-state index < -0.39 is 0 Å². The summed E-state index contributed by atoms with van der Waals surface area (Å²) >= 11 is 12.4. The van der Waals surface area contributed by atoms with Gasteiger partial charge in [-0.25, -0.2) is 0 Å². The Morgan fingerprint density at radius 3 is 2.54 bits per heavy atom. The van der Waals surface area contributed by atoms with Crippen molar-refractivity contribution in [3.05, 3.63) is 57.6 Å². The number of ether oxygens (including phenoxy) is 2. The number of methoxy groups -OCH3 is 1. The van der Waals surface area contributed by atoms with Crippen LogP contribution in [-0.2, 0) is 13.2 Å². The van der Waals surface area contributed by atoms with Crippen LogP contribution in [-0.4, -0.2) is 25.4 Å². The fourth-order valence-corrected chi connectivity index (χ4v) is 2.57. The highest BCUT2D eigenvalue weighted by Gasteiger charge is 2.13. The second-order valence-corrected chi connectivity index (χ2v) is 5.70. The van der Waals surface area contributed by atoms with E-state index in [1.165, 1.54) is 0 Å². The number of rotatable bonds is 8. The first-order chi connectivity index (χ1) is 11.2. The van der Waals surface area contributed by atoms with Crippen LogP contribution in [0.5, 0.6) is 11.5 Å². The van der Waals surface area contributed by atoms with Gasteiger partial charge in [0.25, 0.3) is 0 Å². The van der Waals surface area contributed by atoms with Crippen LogP contribution in [0.1, 0.15) is 11.1 Å². The third kappa shape index (κ3) is 5.72. The van der Waals surface area contributed by atoms with Crippen LogP contribution in [0.4, 0.5) is 0 Å². The molecule has 0 aliphatic heterocycles. The number of aliphatic hydroxyl groups excluding tert-OH is 1. The highest BCUT2D eigenvalue weighted by molar-refractivity contribution is 6.32. The van der Waals surface area contributed by atoms with E-state index >= 15 is 0 Å². The molecule has 7 heteroatoms.